The molecule has 5 unspecified atom stereocenters. The van der Waals surface area contributed by atoms with Gasteiger partial charge in [0.05, 0.1) is 0 Å². The van der Waals surface area contributed by atoms with Gasteiger partial charge in [0.15, 0.2) is 6.29 Å². The van der Waals surface area contributed by atoms with Crippen molar-refractivity contribution in [2.24, 2.45) is 11.8 Å². The molecule has 3 heterocycles. The van der Waals surface area contributed by atoms with Gasteiger partial charge in [0.1, 0.15) is 0 Å². The Kier molecular flexibility index (Phi) is 15.4. The van der Waals surface area contributed by atoms with Gasteiger partial charge in [-0.2, -0.15) is 0 Å². The summed E-state index contributed by atoms with van der Waals surface area (Å²) in [5.74, 6) is 0.508. The minimum Gasteiger partial charge on any atom is -0.353 e. The number of hydrogen-bond donors (Lipinski definition) is 0. The van der Waals surface area contributed by atoms with Gasteiger partial charge in [-0.3, -0.25) is 0 Å². The van der Waals surface area contributed by atoms with Gasteiger partial charge >= 0.3 is 210 Å². The maximum atomic E-state index is 12.7. The number of methoxy groups -OCH3 is 1. The molecule has 1 aliphatic carbocycles. The molecular formula is C37H55BrO7Se. The summed E-state index contributed by atoms with van der Waals surface area (Å²) in [7, 11) is 1.50. The molecule has 258 valence electrons. The molecule has 1 aromatic carbocycles. The maximum absolute atomic E-state index is 12.7. The molecule has 4 fully saturated rings. The van der Waals surface area contributed by atoms with E-state index >= 15 is 0 Å². The van der Waals surface area contributed by atoms with Crippen molar-refractivity contribution in [3.05, 3.63) is 42.5 Å². The van der Waals surface area contributed by atoms with Crippen LogP contribution in [0, 0.1) is 11.8 Å². The summed E-state index contributed by atoms with van der Waals surface area (Å²) >= 11 is 4.01. The van der Waals surface area contributed by atoms with E-state index in [-0.39, 0.29) is 73.5 Å². The summed E-state index contributed by atoms with van der Waals surface area (Å²) in [5, 5.41) is 0. The molecule has 1 saturated carbocycles. The molecule has 4 aliphatic rings. The number of esters is 1. The van der Waals surface area contributed by atoms with Gasteiger partial charge < -0.3 is 4.74 Å². The SMILES string of the molecule is CCCCC[C@@H](/C=C/[C@@H]1[C@H]2CC(C(Br)CCC([Se]c3ccccc3)C(=O)OC)O[C@H]2C[C@H]1OC1CCCCO1)OC1CCCCO1. The fraction of sp³-hybridized carbons (Fsp3) is 0.757. The molecule has 0 bridgehead atoms. The van der Waals surface area contributed by atoms with E-state index < -0.39 is 0 Å². The van der Waals surface area contributed by atoms with Gasteiger partial charge in [-0.25, -0.2) is 0 Å². The van der Waals surface area contributed by atoms with E-state index in [0.717, 1.165) is 83.8 Å². The number of carbonyl (C=O) groups is 1. The van der Waals surface area contributed by atoms with Gasteiger partial charge in [0.25, 0.3) is 0 Å². The second-order valence-electron chi connectivity index (χ2n) is 13.3. The first-order valence-electron chi connectivity index (χ1n) is 17.9. The molecule has 7 nitrogen and oxygen atoms in total. The molecular weight excluding hydrogens is 715 g/mol. The molecule has 3 aliphatic heterocycles. The van der Waals surface area contributed by atoms with E-state index in [0.29, 0.717) is 5.92 Å². The normalized spacial score (nSPS) is 31.8. The monoisotopic (exact) mass is 770 g/mol. The van der Waals surface area contributed by atoms with Crippen LogP contribution < -0.4 is 4.46 Å². The van der Waals surface area contributed by atoms with E-state index in [9.17, 15) is 4.79 Å². The zero-order chi connectivity index (χ0) is 32.1. The van der Waals surface area contributed by atoms with Crippen LogP contribution in [0.25, 0.3) is 0 Å². The number of carbonyl (C=O) groups excluding carboxylic acids is 1. The Morgan fingerprint density at radius 3 is 2.46 bits per heavy atom. The predicted octanol–water partition coefficient (Wildman–Crippen LogP) is 7.28. The van der Waals surface area contributed by atoms with Gasteiger partial charge in [-0.1, -0.05) is 26.2 Å². The van der Waals surface area contributed by atoms with E-state index in [1.807, 2.05) is 18.2 Å². The third-order valence-corrected chi connectivity index (χ3v) is 13.6. The Hall–Kier alpha value is -0.771. The van der Waals surface area contributed by atoms with Crippen molar-refractivity contribution >= 4 is 41.3 Å². The molecule has 0 amide bonds. The van der Waals surface area contributed by atoms with Crippen LogP contribution in [0.2, 0.25) is 4.82 Å². The standard InChI is InChI=1S/C37H55BrO7Se/c1-3-4-6-13-26(43-35-16-9-11-22-41-35)18-19-28-29-24-33(44-32(29)25-31(28)45-36-17-10-12-23-42-36)30(38)20-21-34(37(39)40-2)46-27-14-7-5-8-15-27/h5,7-8,14-15,18-19,26,28-36H,3-4,6,9-13,16-17,20-25H2,1-2H3/b19-18+/t26-,28+,29+,30?,31+,32-,33?,34?,35?,36?/m0/s1. The topological polar surface area (TPSA) is 72.5 Å². The average molecular weight is 771 g/mol. The van der Waals surface area contributed by atoms with E-state index in [4.69, 9.17) is 28.4 Å². The first kappa shape index (κ1) is 36.5. The number of alkyl halides is 1. The Bertz CT molecular complexity index is 1050. The van der Waals surface area contributed by atoms with Gasteiger partial charge in [0.2, 0.25) is 0 Å². The zero-order valence-corrected chi connectivity index (χ0v) is 31.1. The minimum absolute atomic E-state index is 0.0220. The zero-order valence-electron chi connectivity index (χ0n) is 27.8. The number of benzene rings is 1. The van der Waals surface area contributed by atoms with E-state index in [1.165, 1.54) is 30.8 Å². The number of hydrogen-bond acceptors (Lipinski definition) is 7. The minimum atomic E-state index is -0.123. The average Bonchev–Trinajstić information content (AvgIpc) is 3.64. The molecule has 0 N–H and O–H groups in total. The number of unbranched alkanes of at least 4 members (excludes halogenated alkanes) is 2. The number of ether oxygens (including phenoxy) is 6. The van der Waals surface area contributed by atoms with Crippen LogP contribution in [0.15, 0.2) is 42.5 Å². The van der Waals surface area contributed by atoms with Crippen LogP contribution >= 0.6 is 15.9 Å². The predicted molar refractivity (Wildman–Crippen MR) is 185 cm³/mol. The summed E-state index contributed by atoms with van der Waals surface area (Å²) in [5.41, 5.74) is 0. The molecule has 1 aromatic rings. The third-order valence-electron chi connectivity index (χ3n) is 9.88. The van der Waals surface area contributed by atoms with Crippen LogP contribution in [0.4, 0.5) is 0 Å². The Balaban J connectivity index is 1.23. The van der Waals surface area contributed by atoms with Crippen LogP contribution in [0.5, 0.6) is 0 Å². The second kappa shape index (κ2) is 19.4. The van der Waals surface area contributed by atoms with Crippen molar-refractivity contribution in [3.63, 3.8) is 0 Å². The van der Waals surface area contributed by atoms with E-state index in [1.54, 1.807) is 0 Å². The van der Waals surface area contributed by atoms with Crippen molar-refractivity contribution in [2.45, 2.75) is 143 Å². The summed E-state index contributed by atoms with van der Waals surface area (Å²) in [6.45, 7) is 3.82. The van der Waals surface area contributed by atoms with Gasteiger partial charge in [0, 0.05) is 13.2 Å². The van der Waals surface area contributed by atoms with Crippen molar-refractivity contribution in [1.82, 2.24) is 0 Å². The van der Waals surface area contributed by atoms with E-state index in [2.05, 4.69) is 47.1 Å². The smallest absolute Gasteiger partial charge is 0.353 e. The number of halogens is 1. The van der Waals surface area contributed by atoms with Gasteiger partial charge in [-0.15, -0.1) is 0 Å². The number of rotatable bonds is 17. The Morgan fingerprint density at radius 2 is 1.76 bits per heavy atom. The summed E-state index contributed by atoms with van der Waals surface area (Å²) in [6, 6.07) is 10.3. The number of fused-ring (bicyclic) bond motifs is 1. The quantitative estimate of drug-likeness (QED) is 0.0543. The van der Waals surface area contributed by atoms with Crippen molar-refractivity contribution in [1.29, 1.82) is 0 Å². The second-order valence-corrected chi connectivity index (χ2v) is 17.1. The Labute approximate surface area is 291 Å². The molecule has 9 heteroatoms. The first-order valence-corrected chi connectivity index (χ1v) is 20.6. The first-order chi connectivity index (χ1) is 22.5. The molecule has 0 spiro atoms. The summed E-state index contributed by atoms with van der Waals surface area (Å²) in [4.78, 5) is 12.8. The molecule has 0 radical (unpaired) electrons. The fourth-order valence-electron chi connectivity index (χ4n) is 7.34. The van der Waals surface area contributed by atoms with Crippen LogP contribution in [0.1, 0.15) is 96.8 Å². The third kappa shape index (κ3) is 10.9. The van der Waals surface area contributed by atoms with Crippen molar-refractivity contribution in [3.8, 4) is 0 Å². The molecule has 0 aromatic heterocycles. The van der Waals surface area contributed by atoms with Crippen molar-refractivity contribution < 1.29 is 33.2 Å². The summed E-state index contributed by atoms with van der Waals surface area (Å²) in [6.07, 6.45) is 19.4. The summed E-state index contributed by atoms with van der Waals surface area (Å²) < 4.78 is 38.4. The Morgan fingerprint density at radius 1 is 1.00 bits per heavy atom. The molecule has 3 saturated heterocycles. The van der Waals surface area contributed by atoms with Crippen LogP contribution in [-0.4, -0.2) is 83.1 Å². The van der Waals surface area contributed by atoms with Crippen LogP contribution in [0.3, 0.4) is 0 Å². The molecule has 5 rings (SSSR count). The fourth-order valence-corrected chi connectivity index (χ4v) is 10.2. The molecule has 10 atom stereocenters. The van der Waals surface area contributed by atoms with Gasteiger partial charge in [-0.05, 0) is 32.1 Å². The van der Waals surface area contributed by atoms with Crippen LogP contribution in [-0.2, 0) is 33.2 Å². The molecule has 46 heavy (non-hydrogen) atoms. The van der Waals surface area contributed by atoms with Crippen molar-refractivity contribution in [2.75, 3.05) is 20.3 Å².